The summed E-state index contributed by atoms with van der Waals surface area (Å²) in [5, 5.41) is 62.8. The Morgan fingerprint density at radius 1 is 1.07 bits per heavy atom. The van der Waals surface area contributed by atoms with E-state index in [4.69, 9.17) is 4.74 Å². The number of carbonyl (C=O) groups excluding carboxylic acids is 2. The molecule has 5 unspecified atom stereocenters. The fraction of sp³-hybridized carbons (Fsp3) is 0.609. The molecule has 6 aliphatic rings. The first-order valence-electron chi connectivity index (χ1n) is 21.7. The Labute approximate surface area is 346 Å². The number of benzene rings is 2. The van der Waals surface area contributed by atoms with Crippen LogP contribution < -0.4 is 10.2 Å². The molecule has 0 radical (unpaired) electrons. The quantitative estimate of drug-likeness (QED) is 0.0858. The number of fused-ring (bicyclic) bond motifs is 6. The average molecular weight is 812 g/mol. The number of rotatable bonds is 11. The maximum absolute atomic E-state index is 14.6. The van der Waals surface area contributed by atoms with Crippen LogP contribution in [0.4, 0.5) is 5.69 Å². The minimum Gasteiger partial charge on any atom is -0.467 e. The summed E-state index contributed by atoms with van der Waals surface area (Å²) in [4.78, 5) is 37.5. The fourth-order valence-electron chi connectivity index (χ4n) is 13.6. The molecule has 1 aliphatic carbocycles. The summed E-state index contributed by atoms with van der Waals surface area (Å²) in [6.07, 6.45) is 6.42. The van der Waals surface area contributed by atoms with Gasteiger partial charge in [-0.3, -0.25) is 19.4 Å². The molecule has 2 aromatic carbocycles. The number of hydrogen-bond acceptors (Lipinski definition) is 11. The van der Waals surface area contributed by atoms with Gasteiger partial charge >= 0.3 is 0 Å². The molecule has 1 saturated carbocycles. The van der Waals surface area contributed by atoms with Crippen molar-refractivity contribution in [2.75, 3.05) is 64.4 Å². The minimum absolute atomic E-state index is 0.00503. The van der Waals surface area contributed by atoms with Crippen molar-refractivity contribution in [2.24, 2.45) is 11.3 Å². The maximum atomic E-state index is 14.6. The van der Waals surface area contributed by atoms with Gasteiger partial charge in [-0.05, 0) is 91.8 Å². The molecule has 1 spiro atoms. The topological polar surface area (TPSA) is 182 Å². The molecule has 318 valence electrons. The van der Waals surface area contributed by atoms with Crippen molar-refractivity contribution >= 4 is 29.0 Å². The summed E-state index contributed by atoms with van der Waals surface area (Å²) in [5.74, 6) is -0.667. The fourth-order valence-corrected chi connectivity index (χ4v) is 13.6. The van der Waals surface area contributed by atoms with E-state index >= 15 is 0 Å². The van der Waals surface area contributed by atoms with Crippen LogP contribution in [0.25, 0.3) is 10.9 Å². The standard InChI is InChI=1S/C46H61N5O8/c1-4-42(57)22-29-23-44(27-59-28-54,37-32(12-17-50(24-29)26-42)31-10-6-7-11-35(31)48-37)33-21-34-36(20-30(33)25-53)49(3)39-45(34)14-18-51-16-8-13-43(5-2,38(45)51)40(55)46(39,58)41(56)47-15-9-19-52/h6-8,10-11,13,20-21,28-29,38-40,48,52-53,55,57-58H,4-5,9,12,14-19,22-27H2,1-3H3,(H,47,56)/t29-,38?,39?,40-,42?,43-,44+,45?,46+/m1/s1. The van der Waals surface area contributed by atoms with Crippen LogP contribution in [-0.2, 0) is 38.2 Å². The van der Waals surface area contributed by atoms with Gasteiger partial charge in [0.1, 0.15) is 12.7 Å². The third kappa shape index (κ3) is 5.61. The number of nitrogens with one attached hydrogen (secondary N) is 2. The highest BCUT2D eigenvalue weighted by molar-refractivity contribution is 5.90. The summed E-state index contributed by atoms with van der Waals surface area (Å²) >= 11 is 0. The second-order valence-electron chi connectivity index (χ2n) is 18.7. The predicted octanol–water partition coefficient (Wildman–Crippen LogP) is 2.23. The van der Waals surface area contributed by atoms with Crippen molar-refractivity contribution in [3.05, 3.63) is 76.5 Å². The molecule has 3 aromatic rings. The van der Waals surface area contributed by atoms with E-state index in [2.05, 4.69) is 44.4 Å². The summed E-state index contributed by atoms with van der Waals surface area (Å²) in [6.45, 7) is 7.67. The summed E-state index contributed by atoms with van der Waals surface area (Å²) in [5.41, 5.74) is 0.190. The number of likely N-dealkylation sites (N-methyl/N-ethyl adjacent to an activating group) is 1. The van der Waals surface area contributed by atoms with E-state index in [0.29, 0.717) is 76.6 Å². The lowest BCUT2D eigenvalue weighted by atomic mass is 9.47. The van der Waals surface area contributed by atoms with Crippen molar-refractivity contribution in [3.8, 4) is 0 Å². The van der Waals surface area contributed by atoms with Crippen LogP contribution in [0.15, 0.2) is 48.6 Å². The summed E-state index contributed by atoms with van der Waals surface area (Å²) in [7, 11) is 1.88. The number of ether oxygens (including phenoxy) is 1. The van der Waals surface area contributed by atoms with E-state index in [-0.39, 0.29) is 38.3 Å². The van der Waals surface area contributed by atoms with Gasteiger partial charge in [-0.25, -0.2) is 0 Å². The number of aliphatic hydroxyl groups is 5. The van der Waals surface area contributed by atoms with Crippen LogP contribution in [-0.4, -0.2) is 142 Å². The first-order chi connectivity index (χ1) is 28.4. The van der Waals surface area contributed by atoms with E-state index in [9.17, 15) is 35.1 Å². The SMILES string of the molecule is CCC1(O)C[C@H]2CN(CCc3c([nH]c4ccccc34)[C@@](COC=O)(c3cc4c(cc3CO)N(C)C3C45CCN4CC=C[C@](CC)(C45)[C@@H](O)[C@]3(O)C(=O)NCCCO)C2)C1. The third-order valence-corrected chi connectivity index (χ3v) is 15.9. The second-order valence-corrected chi connectivity index (χ2v) is 18.7. The Balaban J connectivity index is 1.32. The van der Waals surface area contributed by atoms with E-state index in [1.807, 2.05) is 50.1 Å². The molecule has 13 heteroatoms. The van der Waals surface area contributed by atoms with Crippen LogP contribution in [0.3, 0.4) is 0 Å². The number of H-pyrrole nitrogens is 1. The first kappa shape index (κ1) is 40.6. The van der Waals surface area contributed by atoms with Gasteiger partial charge in [-0.2, -0.15) is 0 Å². The van der Waals surface area contributed by atoms with E-state index in [1.54, 1.807) is 0 Å². The molecule has 1 aromatic heterocycles. The van der Waals surface area contributed by atoms with Gasteiger partial charge in [0, 0.05) is 85.5 Å². The molecular weight excluding hydrogens is 751 g/mol. The molecule has 3 fully saturated rings. The van der Waals surface area contributed by atoms with Crippen molar-refractivity contribution < 1.29 is 39.9 Å². The smallest absolute Gasteiger partial charge is 0.293 e. The second kappa shape index (κ2) is 14.7. The number of amides is 1. The number of anilines is 1. The van der Waals surface area contributed by atoms with E-state index in [0.717, 1.165) is 52.1 Å². The van der Waals surface area contributed by atoms with Crippen molar-refractivity contribution in [2.45, 2.75) is 106 Å². The summed E-state index contributed by atoms with van der Waals surface area (Å²) in [6, 6.07) is 11.3. The Morgan fingerprint density at radius 2 is 1.88 bits per heavy atom. The van der Waals surface area contributed by atoms with Crippen LogP contribution >= 0.6 is 0 Å². The van der Waals surface area contributed by atoms with Crippen molar-refractivity contribution in [3.63, 3.8) is 0 Å². The Morgan fingerprint density at radius 3 is 2.63 bits per heavy atom. The molecule has 2 saturated heterocycles. The monoisotopic (exact) mass is 811 g/mol. The highest BCUT2D eigenvalue weighted by Crippen LogP contribution is 2.67. The number of para-hydroxylation sites is 1. The van der Waals surface area contributed by atoms with Gasteiger partial charge in [-0.1, -0.05) is 50.3 Å². The van der Waals surface area contributed by atoms with E-state index in [1.165, 1.54) is 0 Å². The molecule has 13 nitrogen and oxygen atoms in total. The largest absolute Gasteiger partial charge is 0.467 e. The van der Waals surface area contributed by atoms with Gasteiger partial charge in [0.2, 0.25) is 0 Å². The molecule has 10 atom stereocenters. The molecule has 59 heavy (non-hydrogen) atoms. The van der Waals surface area contributed by atoms with Gasteiger partial charge < -0.3 is 45.5 Å². The number of aromatic amines is 1. The lowest BCUT2D eigenvalue weighted by Gasteiger charge is -2.63. The van der Waals surface area contributed by atoms with Crippen molar-refractivity contribution in [1.29, 1.82) is 0 Å². The Hall–Kier alpha value is -3.82. The zero-order valence-electron chi connectivity index (χ0n) is 34.6. The molecule has 1 amide bonds. The Kier molecular flexibility index (Phi) is 10.1. The molecule has 5 aliphatic heterocycles. The molecule has 2 bridgehead atoms. The highest BCUT2D eigenvalue weighted by atomic mass is 16.5. The van der Waals surface area contributed by atoms with Crippen molar-refractivity contribution in [1.82, 2.24) is 20.1 Å². The minimum atomic E-state index is -2.26. The average Bonchev–Trinajstić information content (AvgIpc) is 3.90. The Bertz CT molecular complexity index is 2160. The number of aromatic nitrogens is 1. The third-order valence-electron chi connectivity index (χ3n) is 15.9. The van der Waals surface area contributed by atoms with E-state index < -0.39 is 45.5 Å². The molecular formula is C46H61N5O8. The first-order valence-corrected chi connectivity index (χ1v) is 21.7. The molecule has 7 N–H and O–H groups in total. The molecule has 6 heterocycles. The van der Waals surface area contributed by atoms with Gasteiger partial charge in [-0.15, -0.1) is 0 Å². The van der Waals surface area contributed by atoms with Crippen LogP contribution in [0.2, 0.25) is 0 Å². The lowest BCUT2D eigenvalue weighted by molar-refractivity contribution is -0.203. The zero-order chi connectivity index (χ0) is 41.5. The maximum Gasteiger partial charge on any atom is 0.293 e. The zero-order valence-corrected chi connectivity index (χ0v) is 34.6. The van der Waals surface area contributed by atoms with Crippen LogP contribution in [0.1, 0.15) is 80.3 Å². The predicted molar refractivity (Wildman–Crippen MR) is 223 cm³/mol. The molecule has 9 rings (SSSR count). The number of carbonyl (C=O) groups is 2. The summed E-state index contributed by atoms with van der Waals surface area (Å²) < 4.78 is 5.96. The van der Waals surface area contributed by atoms with Gasteiger partial charge in [0.05, 0.1) is 23.7 Å². The van der Waals surface area contributed by atoms with Gasteiger partial charge in [0.15, 0.2) is 5.60 Å². The van der Waals surface area contributed by atoms with Crippen LogP contribution in [0.5, 0.6) is 0 Å². The highest BCUT2D eigenvalue weighted by Gasteiger charge is 2.78. The number of piperidine rings is 1. The van der Waals surface area contributed by atoms with Gasteiger partial charge in [0.25, 0.3) is 12.4 Å². The number of nitrogens with zero attached hydrogens (tertiary/aromatic N) is 3. The normalized spacial score (nSPS) is 37.2. The number of hydrogen-bond donors (Lipinski definition) is 7. The number of aliphatic hydroxyl groups excluding tert-OH is 3. The van der Waals surface area contributed by atoms with Crippen LogP contribution in [0, 0.1) is 11.3 Å². The lowest BCUT2D eigenvalue weighted by Crippen LogP contribution is -2.81.